The first-order valence-electron chi connectivity index (χ1n) is 9.33. The summed E-state index contributed by atoms with van der Waals surface area (Å²) in [5.74, 6) is 1.25. The summed E-state index contributed by atoms with van der Waals surface area (Å²) >= 11 is 0. The monoisotopic (exact) mass is 402 g/mol. The van der Waals surface area contributed by atoms with Gasteiger partial charge in [0.2, 0.25) is 0 Å². The lowest BCUT2D eigenvalue weighted by molar-refractivity contribution is -0.123. The first-order valence-corrected chi connectivity index (χ1v) is 9.33. The van der Waals surface area contributed by atoms with E-state index >= 15 is 0 Å². The van der Waals surface area contributed by atoms with Gasteiger partial charge in [-0.2, -0.15) is 5.26 Å². The second-order valence-corrected chi connectivity index (χ2v) is 6.45. The molecule has 30 heavy (non-hydrogen) atoms. The molecule has 152 valence electrons. The van der Waals surface area contributed by atoms with Crippen LogP contribution in [0.4, 0.5) is 0 Å². The van der Waals surface area contributed by atoms with E-state index in [2.05, 4.69) is 5.32 Å². The maximum Gasteiger partial charge on any atom is 0.258 e. The third kappa shape index (κ3) is 5.09. The predicted octanol–water partition coefficient (Wildman–Crippen LogP) is 3.86. The number of ether oxygens (including phenoxy) is 3. The highest BCUT2D eigenvalue weighted by molar-refractivity contribution is 5.78. The smallest absolute Gasteiger partial charge is 0.258 e. The minimum atomic E-state index is -0.337. The average molecular weight is 402 g/mol. The minimum Gasteiger partial charge on any atom is -0.497 e. The van der Waals surface area contributed by atoms with E-state index in [0.29, 0.717) is 17.1 Å². The van der Waals surface area contributed by atoms with Crippen molar-refractivity contribution in [3.63, 3.8) is 0 Å². The highest BCUT2D eigenvalue weighted by Crippen LogP contribution is 2.28. The predicted molar refractivity (Wildman–Crippen MR) is 113 cm³/mol. The van der Waals surface area contributed by atoms with Crippen molar-refractivity contribution in [3.05, 3.63) is 89.5 Å². The van der Waals surface area contributed by atoms with Crippen molar-refractivity contribution in [3.8, 4) is 23.3 Å². The van der Waals surface area contributed by atoms with Gasteiger partial charge in [0.1, 0.15) is 5.75 Å². The Bertz CT molecular complexity index is 1030. The van der Waals surface area contributed by atoms with Gasteiger partial charge in [0, 0.05) is 6.07 Å². The summed E-state index contributed by atoms with van der Waals surface area (Å²) in [4.78, 5) is 12.7. The van der Waals surface area contributed by atoms with Gasteiger partial charge in [-0.15, -0.1) is 0 Å². The molecule has 0 saturated carbocycles. The zero-order valence-electron chi connectivity index (χ0n) is 16.8. The molecule has 3 rings (SSSR count). The Hall–Kier alpha value is -3.98. The van der Waals surface area contributed by atoms with E-state index in [1.54, 1.807) is 25.3 Å². The number of nitrogens with zero attached hydrogens (tertiary/aromatic N) is 1. The quantitative estimate of drug-likeness (QED) is 0.619. The third-order valence-electron chi connectivity index (χ3n) is 4.54. The molecule has 1 amide bonds. The Morgan fingerprint density at radius 3 is 2.27 bits per heavy atom. The molecule has 0 aliphatic rings. The Morgan fingerprint density at radius 1 is 0.933 bits per heavy atom. The number of hydrogen-bond donors (Lipinski definition) is 1. The summed E-state index contributed by atoms with van der Waals surface area (Å²) < 4.78 is 16.1. The number of nitriles is 1. The number of amides is 1. The van der Waals surface area contributed by atoms with Gasteiger partial charge in [-0.3, -0.25) is 4.79 Å². The highest BCUT2D eigenvalue weighted by atomic mass is 16.5. The summed E-state index contributed by atoms with van der Waals surface area (Å²) in [6.45, 7) is -0.193. The molecule has 0 bridgehead atoms. The Kier molecular flexibility index (Phi) is 6.91. The molecule has 6 heteroatoms. The number of hydrogen-bond acceptors (Lipinski definition) is 5. The van der Waals surface area contributed by atoms with Crippen molar-refractivity contribution in [2.24, 2.45) is 0 Å². The van der Waals surface area contributed by atoms with Gasteiger partial charge in [0.25, 0.3) is 5.91 Å². The first kappa shape index (κ1) is 20.7. The molecule has 3 aromatic rings. The molecule has 0 unspecified atom stereocenters. The SMILES string of the molecule is COc1ccc([C@H](NC(=O)COc2ccc(C#N)cc2OC)c2ccccc2)cc1. The summed E-state index contributed by atoms with van der Waals surface area (Å²) in [5, 5.41) is 12.0. The van der Waals surface area contributed by atoms with Gasteiger partial charge in [-0.1, -0.05) is 42.5 Å². The fourth-order valence-corrected chi connectivity index (χ4v) is 3.00. The lowest BCUT2D eigenvalue weighted by Crippen LogP contribution is -2.33. The van der Waals surface area contributed by atoms with E-state index in [4.69, 9.17) is 19.5 Å². The summed E-state index contributed by atoms with van der Waals surface area (Å²) in [7, 11) is 3.10. The number of benzene rings is 3. The van der Waals surface area contributed by atoms with Crippen LogP contribution in [0, 0.1) is 11.3 Å². The Labute approximate surface area is 175 Å². The number of carbonyl (C=O) groups is 1. The molecule has 0 aromatic heterocycles. The normalized spacial score (nSPS) is 11.1. The maximum absolute atomic E-state index is 12.7. The van der Waals surface area contributed by atoms with Crippen LogP contribution in [-0.2, 0) is 4.79 Å². The minimum absolute atomic E-state index is 0.193. The van der Waals surface area contributed by atoms with Gasteiger partial charge < -0.3 is 19.5 Å². The average Bonchev–Trinajstić information content (AvgIpc) is 2.81. The summed E-state index contributed by atoms with van der Waals surface area (Å²) in [5.41, 5.74) is 2.32. The zero-order valence-corrected chi connectivity index (χ0v) is 16.8. The van der Waals surface area contributed by atoms with Crippen LogP contribution in [0.3, 0.4) is 0 Å². The van der Waals surface area contributed by atoms with Gasteiger partial charge >= 0.3 is 0 Å². The van der Waals surface area contributed by atoms with Crippen molar-refractivity contribution in [1.29, 1.82) is 5.26 Å². The fraction of sp³-hybridized carbons (Fsp3) is 0.167. The van der Waals surface area contributed by atoms with Gasteiger partial charge in [-0.25, -0.2) is 0 Å². The molecular weight excluding hydrogens is 380 g/mol. The molecule has 1 atom stereocenters. The highest BCUT2D eigenvalue weighted by Gasteiger charge is 2.18. The zero-order chi connectivity index (χ0) is 21.3. The molecule has 0 radical (unpaired) electrons. The molecule has 0 heterocycles. The van der Waals surface area contributed by atoms with Crippen LogP contribution in [0.15, 0.2) is 72.8 Å². The van der Waals surface area contributed by atoms with E-state index in [1.165, 1.54) is 7.11 Å². The number of nitrogens with one attached hydrogen (secondary N) is 1. The number of rotatable bonds is 8. The van der Waals surface area contributed by atoms with Crippen molar-refractivity contribution in [1.82, 2.24) is 5.32 Å². The van der Waals surface area contributed by atoms with E-state index in [1.807, 2.05) is 60.7 Å². The fourth-order valence-electron chi connectivity index (χ4n) is 3.00. The largest absolute Gasteiger partial charge is 0.497 e. The Balaban J connectivity index is 1.74. The van der Waals surface area contributed by atoms with E-state index < -0.39 is 0 Å². The third-order valence-corrected chi connectivity index (χ3v) is 4.54. The van der Waals surface area contributed by atoms with Gasteiger partial charge in [0.05, 0.1) is 31.9 Å². The van der Waals surface area contributed by atoms with Crippen molar-refractivity contribution in [2.45, 2.75) is 6.04 Å². The van der Waals surface area contributed by atoms with Crippen LogP contribution in [-0.4, -0.2) is 26.7 Å². The molecule has 0 aliphatic carbocycles. The Morgan fingerprint density at radius 2 is 1.63 bits per heavy atom. The number of carbonyl (C=O) groups excluding carboxylic acids is 1. The molecular formula is C24H22N2O4. The molecule has 0 spiro atoms. The second-order valence-electron chi connectivity index (χ2n) is 6.45. The van der Waals surface area contributed by atoms with E-state index in [-0.39, 0.29) is 18.6 Å². The van der Waals surface area contributed by atoms with E-state index in [9.17, 15) is 4.79 Å². The van der Waals surface area contributed by atoms with Crippen LogP contribution in [0.5, 0.6) is 17.2 Å². The van der Waals surface area contributed by atoms with Crippen LogP contribution in [0.2, 0.25) is 0 Å². The molecule has 3 aromatic carbocycles. The van der Waals surface area contributed by atoms with Crippen molar-refractivity contribution >= 4 is 5.91 Å². The topological polar surface area (TPSA) is 80.6 Å². The number of methoxy groups -OCH3 is 2. The van der Waals surface area contributed by atoms with Gasteiger partial charge in [0.15, 0.2) is 18.1 Å². The van der Waals surface area contributed by atoms with Crippen molar-refractivity contribution < 1.29 is 19.0 Å². The van der Waals surface area contributed by atoms with E-state index in [0.717, 1.165) is 16.9 Å². The molecule has 0 aliphatic heterocycles. The first-order chi connectivity index (χ1) is 14.6. The van der Waals surface area contributed by atoms with Crippen LogP contribution >= 0.6 is 0 Å². The molecule has 6 nitrogen and oxygen atoms in total. The second kappa shape index (κ2) is 9.99. The van der Waals surface area contributed by atoms with Crippen LogP contribution < -0.4 is 19.5 Å². The standard InChI is InChI=1S/C24H22N2O4/c1-28-20-11-9-19(10-12-20)24(18-6-4-3-5-7-18)26-23(27)16-30-21-13-8-17(15-25)14-22(21)29-2/h3-14,24H,16H2,1-2H3,(H,26,27)/t24-/m1/s1. The summed E-state index contributed by atoms with van der Waals surface area (Å²) in [6, 6.07) is 23.7. The molecule has 0 saturated heterocycles. The van der Waals surface area contributed by atoms with Crippen LogP contribution in [0.25, 0.3) is 0 Å². The summed E-state index contributed by atoms with van der Waals surface area (Å²) in [6.07, 6.45) is 0. The maximum atomic E-state index is 12.7. The molecule has 1 N–H and O–H groups in total. The molecule has 0 fully saturated rings. The van der Waals surface area contributed by atoms with Crippen molar-refractivity contribution in [2.75, 3.05) is 20.8 Å². The lowest BCUT2D eigenvalue weighted by Gasteiger charge is -2.20. The van der Waals surface area contributed by atoms with Gasteiger partial charge in [-0.05, 0) is 35.4 Å². The lowest BCUT2D eigenvalue weighted by atomic mass is 9.98. The van der Waals surface area contributed by atoms with Crippen LogP contribution in [0.1, 0.15) is 22.7 Å².